The van der Waals surface area contributed by atoms with Crippen LogP contribution >= 0.6 is 76.3 Å². The van der Waals surface area contributed by atoms with Gasteiger partial charge < -0.3 is 21.5 Å². The van der Waals surface area contributed by atoms with E-state index in [1.807, 2.05) is 67.6 Å². The number of nitrogens with one attached hydrogen (secondary N) is 1. The lowest BCUT2D eigenvalue weighted by atomic mass is 9.79. The fraction of sp³-hybridized carbons (Fsp3) is 0.300. The highest BCUT2D eigenvalue weighted by Crippen LogP contribution is 2.44. The zero-order chi connectivity index (χ0) is 31.4. The summed E-state index contributed by atoms with van der Waals surface area (Å²) in [6.45, 7) is 1.59. The van der Waals surface area contributed by atoms with E-state index in [0.717, 1.165) is 5.56 Å². The van der Waals surface area contributed by atoms with Crippen LogP contribution in [-0.2, 0) is 36.2 Å². The van der Waals surface area contributed by atoms with Crippen molar-refractivity contribution in [3.05, 3.63) is 106 Å². The van der Waals surface area contributed by atoms with Crippen LogP contribution in [0.25, 0.3) is 0 Å². The van der Waals surface area contributed by atoms with Gasteiger partial charge in [-0.25, -0.2) is 0 Å². The first-order valence-electron chi connectivity index (χ1n) is 13.0. The van der Waals surface area contributed by atoms with Crippen LogP contribution in [-0.4, -0.2) is 48.3 Å². The number of esters is 1. The smallest absolute Gasteiger partial charge is 0.313 e. The van der Waals surface area contributed by atoms with Gasteiger partial charge >= 0.3 is 5.97 Å². The number of benzene rings is 3. The number of amides is 1. The molecule has 0 saturated carbocycles. The quantitative estimate of drug-likeness (QED) is 0.0918. The molecule has 1 N–H and O–H groups in total. The van der Waals surface area contributed by atoms with Crippen LogP contribution in [0.2, 0.25) is 5.02 Å². The van der Waals surface area contributed by atoms with Crippen molar-refractivity contribution in [1.29, 1.82) is 0 Å². The molecule has 8 nitrogen and oxygen atoms in total. The lowest BCUT2D eigenvalue weighted by molar-refractivity contribution is -0.161. The predicted molar refractivity (Wildman–Crippen MR) is 177 cm³/mol. The number of halogens is 5. The molecule has 0 spiro atoms. The fourth-order valence-electron chi connectivity index (χ4n) is 4.44. The van der Waals surface area contributed by atoms with Crippen molar-refractivity contribution in [3.63, 3.8) is 0 Å². The van der Waals surface area contributed by atoms with E-state index in [1.54, 1.807) is 18.2 Å². The zero-order valence-corrected chi connectivity index (χ0v) is 29.9. The summed E-state index contributed by atoms with van der Waals surface area (Å²) in [6, 6.07) is 22.9. The molecule has 43 heavy (non-hydrogen) atoms. The lowest BCUT2D eigenvalue weighted by Crippen LogP contribution is -2.48. The molecule has 0 saturated heterocycles. The molecule has 3 aromatic rings. The summed E-state index contributed by atoms with van der Waals surface area (Å²) in [5, 5.41) is 3.00. The molecule has 1 amide bonds. The second-order valence-corrected chi connectivity index (χ2v) is 12.4. The van der Waals surface area contributed by atoms with Crippen LogP contribution in [0.15, 0.2) is 78.9 Å². The molecule has 3 aromatic carbocycles. The maximum atomic E-state index is 14.1. The average Bonchev–Trinajstić information content (AvgIpc) is 3.00. The van der Waals surface area contributed by atoms with Gasteiger partial charge in [-0.1, -0.05) is 106 Å². The topological polar surface area (TPSA) is 100 Å². The Labute approximate surface area is 289 Å². The molecule has 4 unspecified atom stereocenters. The van der Waals surface area contributed by atoms with Crippen molar-refractivity contribution >= 4 is 94.0 Å². The van der Waals surface area contributed by atoms with Gasteiger partial charge in [-0.2, -0.15) is 0 Å². The van der Waals surface area contributed by atoms with Gasteiger partial charge in [-0.05, 0) is 13.0 Å². The van der Waals surface area contributed by atoms with E-state index in [2.05, 4.69) is 70.0 Å². The second-order valence-electron chi connectivity index (χ2n) is 9.54. The molecule has 0 aliphatic carbocycles. The Morgan fingerprint density at radius 1 is 0.814 bits per heavy atom. The van der Waals surface area contributed by atoms with Crippen molar-refractivity contribution in [2.45, 2.75) is 29.8 Å². The molecule has 4 atom stereocenters. The number of rotatable bonds is 16. The average molecular weight is 870 g/mol. The third kappa shape index (κ3) is 9.43. The normalized spacial score (nSPS) is 14.7. The van der Waals surface area contributed by atoms with E-state index in [4.69, 9.17) is 27.8 Å². The molecule has 0 bridgehead atoms. The molecule has 0 heterocycles. The van der Waals surface area contributed by atoms with Crippen molar-refractivity contribution in [2.24, 2.45) is 5.92 Å². The number of carbonyl (C=O) groups is 3. The van der Waals surface area contributed by atoms with Crippen LogP contribution < -0.4 is 5.32 Å². The largest absolute Gasteiger partial charge is 0.444 e. The van der Waals surface area contributed by atoms with Crippen LogP contribution in [0, 0.1) is 12.8 Å². The maximum Gasteiger partial charge on any atom is 0.313 e. The summed E-state index contributed by atoms with van der Waals surface area (Å²) in [7, 11) is 0. The van der Waals surface area contributed by atoms with Gasteiger partial charge in [-0.15, -0.1) is 0 Å². The first-order valence-corrected chi connectivity index (χ1v) is 16.2. The van der Waals surface area contributed by atoms with Gasteiger partial charge in [0.15, 0.2) is 11.4 Å². The van der Waals surface area contributed by atoms with E-state index in [1.165, 1.54) is 0 Å². The van der Waals surface area contributed by atoms with E-state index in [-0.39, 0.29) is 26.2 Å². The lowest BCUT2D eigenvalue weighted by Gasteiger charge is -2.37. The Morgan fingerprint density at radius 3 is 2.00 bits per heavy atom. The molecule has 3 rings (SSSR count). The summed E-state index contributed by atoms with van der Waals surface area (Å²) in [6.07, 6.45) is -0.324. The van der Waals surface area contributed by atoms with Gasteiger partial charge in [0.25, 0.3) is 0 Å². The van der Waals surface area contributed by atoms with Crippen molar-refractivity contribution in [1.82, 2.24) is 5.32 Å². The number of alkyl halides is 1. The van der Waals surface area contributed by atoms with Crippen LogP contribution in [0.1, 0.15) is 28.7 Å². The Kier molecular flexibility index (Phi) is 14.8. The van der Waals surface area contributed by atoms with Crippen LogP contribution in [0.4, 0.5) is 0 Å². The van der Waals surface area contributed by atoms with E-state index in [9.17, 15) is 14.4 Å². The number of ketones is 1. The first kappa shape index (κ1) is 35.8. The van der Waals surface area contributed by atoms with Gasteiger partial charge in [0.2, 0.25) is 5.91 Å². The van der Waals surface area contributed by atoms with Gasteiger partial charge in [0, 0.05) is 28.1 Å². The number of hydrogen-bond donors (Lipinski definition) is 1. The zero-order valence-electron chi connectivity index (χ0n) is 22.8. The summed E-state index contributed by atoms with van der Waals surface area (Å²) >= 11 is 18.5. The Morgan fingerprint density at radius 2 is 1.40 bits per heavy atom. The standard InChI is InChI=1S/C30H28Br4ClNO7/c1-19-11-13-22(14-12-19)30(21-7-3-2-4-8-21,23-9-5-6-10-25(23)35)43-29(39)20(16-40-32)15-27(37)26(18-42-34)36-28(38)24(31)17-41-33/h2-14,20,24,26H,15-18H2,1H3,(H,36,38). The molecular formula is C30H28Br4ClNO7. The molecule has 0 radical (unpaired) electrons. The summed E-state index contributed by atoms with van der Waals surface area (Å²) in [5.41, 5.74) is 1.40. The molecule has 13 heteroatoms. The minimum Gasteiger partial charge on any atom is -0.444 e. The van der Waals surface area contributed by atoms with Crippen molar-refractivity contribution < 1.29 is 30.6 Å². The molecular weight excluding hydrogens is 841 g/mol. The van der Waals surface area contributed by atoms with Crippen molar-refractivity contribution in [2.75, 3.05) is 19.8 Å². The van der Waals surface area contributed by atoms with Gasteiger partial charge in [0.1, 0.15) is 10.9 Å². The Bertz CT molecular complexity index is 1370. The van der Waals surface area contributed by atoms with Crippen LogP contribution in [0.5, 0.6) is 0 Å². The highest BCUT2D eigenvalue weighted by molar-refractivity contribution is 9.10. The van der Waals surface area contributed by atoms with E-state index in [0.29, 0.717) is 21.7 Å². The van der Waals surface area contributed by atoms with E-state index < -0.39 is 40.0 Å². The number of carbonyl (C=O) groups excluding carboxylic acids is 3. The number of ether oxygens (including phenoxy) is 1. The van der Waals surface area contributed by atoms with Gasteiger partial charge in [0.05, 0.1) is 74.5 Å². The highest BCUT2D eigenvalue weighted by atomic mass is 79.9. The molecule has 0 aliphatic rings. The van der Waals surface area contributed by atoms with E-state index >= 15 is 0 Å². The SMILES string of the molecule is Cc1ccc(C(OC(=O)C(COBr)CC(=O)C(COBr)NC(=O)C(Br)COBr)(c2ccccc2)c2ccccc2Cl)cc1. The Balaban J connectivity index is 2.04. The number of aryl methyl sites for hydroxylation is 1. The number of Topliss-reactive ketones (excluding diaryl/α,β-unsaturated/α-hetero) is 1. The summed E-state index contributed by atoms with van der Waals surface area (Å²) < 4.78 is 21.5. The molecule has 0 aromatic heterocycles. The molecule has 0 fully saturated rings. The first-order chi connectivity index (χ1) is 20.7. The highest BCUT2D eigenvalue weighted by Gasteiger charge is 2.44. The summed E-state index contributed by atoms with van der Waals surface area (Å²) in [5.74, 6) is -2.76. The summed E-state index contributed by atoms with van der Waals surface area (Å²) in [4.78, 5) is 39.4. The molecule has 230 valence electrons. The van der Waals surface area contributed by atoms with Crippen LogP contribution in [0.3, 0.4) is 0 Å². The minimum atomic E-state index is -1.47. The third-order valence-corrected chi connectivity index (χ3v) is 8.42. The monoisotopic (exact) mass is 865 g/mol. The third-order valence-electron chi connectivity index (χ3n) is 6.62. The van der Waals surface area contributed by atoms with Crippen molar-refractivity contribution in [3.8, 4) is 0 Å². The Hall–Kier alpha value is -1.64. The fourth-order valence-corrected chi connectivity index (χ4v) is 6.17. The maximum absolute atomic E-state index is 14.1. The molecule has 0 aliphatic heterocycles. The minimum absolute atomic E-state index is 0.0108. The van der Waals surface area contributed by atoms with Gasteiger partial charge in [-0.3, -0.25) is 14.4 Å². The number of hydrogen-bond acceptors (Lipinski definition) is 7. The predicted octanol–water partition coefficient (Wildman–Crippen LogP) is 7.29. The second kappa shape index (κ2) is 17.7.